The lowest BCUT2D eigenvalue weighted by atomic mass is 9.97. The maximum Gasteiger partial charge on any atom is 0.345 e. The van der Waals surface area contributed by atoms with E-state index in [4.69, 9.17) is 9.47 Å². The van der Waals surface area contributed by atoms with Crippen molar-refractivity contribution in [3.05, 3.63) is 70.9 Å². The summed E-state index contributed by atoms with van der Waals surface area (Å²) in [7, 11) is -2.37. The Labute approximate surface area is 246 Å². The number of carbonyl (C=O) groups is 3. The number of nitrogens with one attached hydrogen (secondary N) is 2. The molecule has 0 spiro atoms. The highest BCUT2D eigenvalue weighted by Crippen LogP contribution is 2.39. The maximum atomic E-state index is 13.5. The first-order valence-corrected chi connectivity index (χ1v) is 15.5. The minimum atomic E-state index is -4.25. The number of likely N-dealkylation sites (N-methyl/N-ethyl adjacent to an activating group) is 1. The average molecular weight is 599 g/mol. The van der Waals surface area contributed by atoms with Gasteiger partial charge in [0.25, 0.3) is 5.91 Å². The zero-order valence-electron chi connectivity index (χ0n) is 24.5. The van der Waals surface area contributed by atoms with Crippen LogP contribution >= 0.6 is 0 Å². The number of esters is 2. The van der Waals surface area contributed by atoms with Gasteiger partial charge in [-0.05, 0) is 49.6 Å². The summed E-state index contributed by atoms with van der Waals surface area (Å²) in [5.74, 6) is -2.27. The van der Waals surface area contributed by atoms with Crippen LogP contribution in [-0.4, -0.2) is 75.5 Å². The molecule has 0 bridgehead atoms. The van der Waals surface area contributed by atoms with Crippen molar-refractivity contribution in [1.29, 1.82) is 0 Å². The molecule has 0 radical (unpaired) electrons. The number of benzene rings is 2. The van der Waals surface area contributed by atoms with Crippen molar-refractivity contribution in [2.45, 2.75) is 51.1 Å². The third kappa shape index (κ3) is 6.66. The number of nitrogens with zero attached hydrogens (tertiary/aromatic N) is 2. The monoisotopic (exact) mass is 598 g/mol. The quantitative estimate of drug-likeness (QED) is 0.296. The molecule has 11 nitrogen and oxygen atoms in total. The van der Waals surface area contributed by atoms with Gasteiger partial charge in [0, 0.05) is 25.2 Å². The molecule has 0 saturated carbocycles. The van der Waals surface area contributed by atoms with E-state index in [0.717, 1.165) is 18.5 Å². The minimum Gasteiger partial charge on any atom is -0.493 e. The van der Waals surface area contributed by atoms with Gasteiger partial charge in [-0.2, -0.15) is 4.72 Å². The number of ether oxygens (including phenoxy) is 2. The van der Waals surface area contributed by atoms with Crippen LogP contribution in [0.2, 0.25) is 0 Å². The van der Waals surface area contributed by atoms with Crippen molar-refractivity contribution >= 4 is 27.9 Å². The van der Waals surface area contributed by atoms with Crippen LogP contribution < -0.4 is 14.8 Å². The number of hydrogen-bond donors (Lipinski definition) is 2. The Morgan fingerprint density at radius 2 is 1.83 bits per heavy atom. The van der Waals surface area contributed by atoms with E-state index in [-0.39, 0.29) is 23.0 Å². The van der Waals surface area contributed by atoms with Gasteiger partial charge in [0.05, 0.1) is 29.8 Å². The zero-order chi connectivity index (χ0) is 30.6. The van der Waals surface area contributed by atoms with Crippen LogP contribution in [0.5, 0.6) is 5.75 Å². The standard InChI is InChI=1S/C30H38N4O7S/c1-6-15-34-17-23-26(31-28(35)27(23)33(5)18-34)22-14-13-21(16-24(22)40-7-2)42(38,39)32-25(19(3)4)30(37)41-29(36)20-11-9-8-10-12-20/h8-14,16,19,25-26,32H,6-7,15,17-18H2,1-5H3,(H,31,35)/t25-,26?/m0/s1. The van der Waals surface area contributed by atoms with Crippen LogP contribution in [0.4, 0.5) is 0 Å². The summed E-state index contributed by atoms with van der Waals surface area (Å²) >= 11 is 0. The van der Waals surface area contributed by atoms with Crippen molar-refractivity contribution in [2.75, 3.05) is 33.4 Å². The van der Waals surface area contributed by atoms with E-state index in [1.165, 1.54) is 24.3 Å². The molecular formula is C30H38N4O7S. The van der Waals surface area contributed by atoms with Crippen LogP contribution in [0.15, 0.2) is 64.7 Å². The van der Waals surface area contributed by atoms with Gasteiger partial charge < -0.3 is 19.7 Å². The Kier molecular flexibility index (Phi) is 9.70. The summed E-state index contributed by atoms with van der Waals surface area (Å²) in [5.41, 5.74) is 2.33. The fourth-order valence-electron chi connectivity index (χ4n) is 5.23. The predicted molar refractivity (Wildman–Crippen MR) is 156 cm³/mol. The SMILES string of the molecule is CCCN1CC2=C(C(=O)NC2c2ccc(S(=O)(=O)N[C@H](C(=O)OC(=O)c3ccccc3)C(C)C)cc2OCC)N(C)C1. The third-order valence-electron chi connectivity index (χ3n) is 7.18. The number of carbonyl (C=O) groups excluding carboxylic acids is 3. The number of rotatable bonds is 11. The molecule has 0 saturated heterocycles. The second kappa shape index (κ2) is 13.1. The first-order chi connectivity index (χ1) is 20.0. The molecule has 12 heteroatoms. The summed E-state index contributed by atoms with van der Waals surface area (Å²) in [6, 6.07) is 10.6. The lowest BCUT2D eigenvalue weighted by Gasteiger charge is -2.35. The van der Waals surface area contributed by atoms with Crippen LogP contribution in [0.1, 0.15) is 56.1 Å². The molecule has 2 aliphatic heterocycles. The molecule has 42 heavy (non-hydrogen) atoms. The van der Waals surface area contributed by atoms with Crippen molar-refractivity contribution in [2.24, 2.45) is 5.92 Å². The summed E-state index contributed by atoms with van der Waals surface area (Å²) < 4.78 is 40.2. The van der Waals surface area contributed by atoms with Crippen LogP contribution in [-0.2, 0) is 24.3 Å². The molecule has 2 aromatic rings. The van der Waals surface area contributed by atoms with Gasteiger partial charge in [-0.15, -0.1) is 0 Å². The molecule has 0 fully saturated rings. The highest BCUT2D eigenvalue weighted by atomic mass is 32.2. The lowest BCUT2D eigenvalue weighted by Crippen LogP contribution is -2.45. The fraction of sp³-hybridized carbons (Fsp3) is 0.433. The Bertz CT molecular complexity index is 1470. The molecule has 2 aromatic carbocycles. The molecule has 2 aliphatic rings. The highest BCUT2D eigenvalue weighted by molar-refractivity contribution is 7.89. The first-order valence-electron chi connectivity index (χ1n) is 14.0. The van der Waals surface area contributed by atoms with E-state index >= 15 is 0 Å². The molecule has 1 amide bonds. The van der Waals surface area contributed by atoms with Gasteiger partial charge in [-0.1, -0.05) is 45.0 Å². The molecule has 2 N–H and O–H groups in total. The highest BCUT2D eigenvalue weighted by Gasteiger charge is 2.40. The van der Waals surface area contributed by atoms with Gasteiger partial charge in [0.1, 0.15) is 17.5 Å². The van der Waals surface area contributed by atoms with Gasteiger partial charge >= 0.3 is 11.9 Å². The smallest absolute Gasteiger partial charge is 0.345 e. The molecule has 0 aliphatic carbocycles. The van der Waals surface area contributed by atoms with Gasteiger partial charge in [0.2, 0.25) is 10.0 Å². The Morgan fingerprint density at radius 1 is 1.12 bits per heavy atom. The van der Waals surface area contributed by atoms with Crippen LogP contribution in [0, 0.1) is 5.92 Å². The molecule has 2 heterocycles. The largest absolute Gasteiger partial charge is 0.493 e. The number of amides is 1. The molecule has 0 aromatic heterocycles. The van der Waals surface area contributed by atoms with E-state index in [2.05, 4.69) is 21.9 Å². The minimum absolute atomic E-state index is 0.130. The third-order valence-corrected chi connectivity index (χ3v) is 8.62. The summed E-state index contributed by atoms with van der Waals surface area (Å²) in [6.45, 7) is 9.56. The second-order valence-corrected chi connectivity index (χ2v) is 12.4. The Balaban J connectivity index is 1.60. The van der Waals surface area contributed by atoms with Crippen molar-refractivity contribution < 1.29 is 32.3 Å². The van der Waals surface area contributed by atoms with E-state index < -0.39 is 40.0 Å². The Hall–Kier alpha value is -3.74. The first kappa shape index (κ1) is 31.2. The average Bonchev–Trinajstić information content (AvgIpc) is 3.28. The van der Waals surface area contributed by atoms with E-state index in [1.807, 2.05) is 11.9 Å². The zero-order valence-corrected chi connectivity index (χ0v) is 25.4. The van der Waals surface area contributed by atoms with Crippen molar-refractivity contribution in [1.82, 2.24) is 19.8 Å². The van der Waals surface area contributed by atoms with Crippen molar-refractivity contribution in [3.63, 3.8) is 0 Å². The fourth-order valence-corrected chi connectivity index (χ4v) is 6.58. The molecule has 4 rings (SSSR count). The van der Waals surface area contributed by atoms with E-state index in [9.17, 15) is 22.8 Å². The van der Waals surface area contributed by atoms with Gasteiger partial charge in [0.15, 0.2) is 0 Å². The van der Waals surface area contributed by atoms with Crippen LogP contribution in [0.25, 0.3) is 0 Å². The lowest BCUT2D eigenvalue weighted by molar-refractivity contribution is -0.141. The normalized spacial score (nSPS) is 18.1. The number of hydrogen-bond acceptors (Lipinski definition) is 9. The second-order valence-electron chi connectivity index (χ2n) is 10.7. The molecule has 226 valence electrons. The Morgan fingerprint density at radius 3 is 2.48 bits per heavy atom. The maximum absolute atomic E-state index is 13.5. The summed E-state index contributed by atoms with van der Waals surface area (Å²) in [6.07, 6.45) is 0.970. The topological polar surface area (TPSA) is 134 Å². The predicted octanol–water partition coefficient (Wildman–Crippen LogP) is 2.81. The van der Waals surface area contributed by atoms with Gasteiger partial charge in [-0.3, -0.25) is 9.69 Å². The molecule has 2 atom stereocenters. The van der Waals surface area contributed by atoms with E-state index in [0.29, 0.717) is 30.2 Å². The van der Waals surface area contributed by atoms with E-state index in [1.54, 1.807) is 45.0 Å². The number of sulfonamides is 1. The van der Waals surface area contributed by atoms with Crippen LogP contribution in [0.3, 0.4) is 0 Å². The summed E-state index contributed by atoms with van der Waals surface area (Å²) in [4.78, 5) is 42.3. The summed E-state index contributed by atoms with van der Waals surface area (Å²) in [5, 5.41) is 3.04. The van der Waals surface area contributed by atoms with Gasteiger partial charge in [-0.25, -0.2) is 18.0 Å². The van der Waals surface area contributed by atoms with Crippen molar-refractivity contribution in [3.8, 4) is 5.75 Å². The molecular weight excluding hydrogens is 560 g/mol. The molecule has 1 unspecified atom stereocenters.